The maximum Gasteiger partial charge on any atom is 0.191 e. The lowest BCUT2D eigenvalue weighted by Crippen LogP contribution is -2.51. The largest absolute Gasteiger partial charge is 0.490 e. The molecule has 0 saturated carbocycles. The highest BCUT2D eigenvalue weighted by atomic mass is 32.1. The number of aliphatic imine (C=N–C) groups is 1. The molecule has 1 fully saturated rings. The van der Waals surface area contributed by atoms with E-state index in [2.05, 4.69) is 19.8 Å². The second kappa shape index (κ2) is 7.82. The molecule has 0 aliphatic carbocycles. The van der Waals surface area contributed by atoms with Crippen LogP contribution in [0.2, 0.25) is 0 Å². The van der Waals surface area contributed by atoms with Gasteiger partial charge < -0.3 is 25.0 Å². The third-order valence-electron chi connectivity index (χ3n) is 4.56. The molecule has 3 heterocycles. The molecular formula is C18H23N5O2S. The van der Waals surface area contributed by atoms with E-state index in [4.69, 9.17) is 15.2 Å². The third kappa shape index (κ3) is 3.70. The van der Waals surface area contributed by atoms with Gasteiger partial charge in [-0.3, -0.25) is 0 Å². The van der Waals surface area contributed by atoms with E-state index in [0.717, 1.165) is 54.8 Å². The molecule has 0 atom stereocenters. The van der Waals surface area contributed by atoms with Gasteiger partial charge in [0.25, 0.3) is 0 Å². The van der Waals surface area contributed by atoms with Crippen molar-refractivity contribution < 1.29 is 9.47 Å². The first-order valence-corrected chi connectivity index (χ1v) is 9.76. The normalized spacial score (nSPS) is 17.9. The molecule has 0 spiro atoms. The van der Waals surface area contributed by atoms with Crippen LogP contribution in [-0.4, -0.2) is 55.2 Å². The molecule has 1 aromatic carbocycles. The minimum atomic E-state index is 0.491. The van der Waals surface area contributed by atoms with E-state index in [1.165, 1.54) is 0 Å². The fraction of sp³-hybridized carbons (Fsp3) is 0.444. The SMILES string of the molecule is NC(=NCc1cccc2c1OCCCO2)N1CCN(c2nccs2)CC1. The molecule has 0 unspecified atom stereocenters. The number of para-hydroxylation sites is 1. The summed E-state index contributed by atoms with van der Waals surface area (Å²) in [6.07, 6.45) is 2.74. The van der Waals surface area contributed by atoms with Crippen LogP contribution < -0.4 is 20.1 Å². The molecule has 26 heavy (non-hydrogen) atoms. The lowest BCUT2D eigenvalue weighted by molar-refractivity contribution is 0.296. The van der Waals surface area contributed by atoms with Gasteiger partial charge in [-0.1, -0.05) is 12.1 Å². The number of nitrogens with two attached hydrogens (primary N) is 1. The van der Waals surface area contributed by atoms with E-state index in [1.807, 2.05) is 29.8 Å². The third-order valence-corrected chi connectivity index (χ3v) is 5.39. The monoisotopic (exact) mass is 373 g/mol. The van der Waals surface area contributed by atoms with Gasteiger partial charge in [0.15, 0.2) is 22.6 Å². The van der Waals surface area contributed by atoms with E-state index in [0.29, 0.717) is 25.7 Å². The van der Waals surface area contributed by atoms with E-state index in [1.54, 1.807) is 11.3 Å². The Bertz CT molecular complexity index is 757. The molecule has 2 N–H and O–H groups in total. The number of anilines is 1. The fourth-order valence-electron chi connectivity index (χ4n) is 3.14. The highest BCUT2D eigenvalue weighted by Gasteiger charge is 2.20. The fourth-order valence-corrected chi connectivity index (χ4v) is 3.84. The minimum Gasteiger partial charge on any atom is -0.490 e. The number of piperazine rings is 1. The van der Waals surface area contributed by atoms with E-state index in [-0.39, 0.29) is 0 Å². The molecule has 2 aliphatic rings. The number of guanidine groups is 1. The van der Waals surface area contributed by atoms with Crippen molar-refractivity contribution in [1.29, 1.82) is 0 Å². The van der Waals surface area contributed by atoms with Crippen molar-refractivity contribution in [3.63, 3.8) is 0 Å². The Hall–Kier alpha value is -2.48. The summed E-state index contributed by atoms with van der Waals surface area (Å²) in [6.45, 7) is 5.35. The van der Waals surface area contributed by atoms with Gasteiger partial charge in [0, 0.05) is 49.7 Å². The smallest absolute Gasteiger partial charge is 0.191 e. The number of ether oxygens (including phenoxy) is 2. The minimum absolute atomic E-state index is 0.491. The number of rotatable bonds is 3. The zero-order chi connectivity index (χ0) is 17.8. The van der Waals surface area contributed by atoms with Crippen LogP contribution >= 0.6 is 11.3 Å². The van der Waals surface area contributed by atoms with E-state index in [9.17, 15) is 0 Å². The molecule has 1 aromatic heterocycles. The van der Waals surface area contributed by atoms with Gasteiger partial charge in [0.2, 0.25) is 0 Å². The Morgan fingerprint density at radius 2 is 2.04 bits per heavy atom. The maximum absolute atomic E-state index is 6.24. The van der Waals surface area contributed by atoms with Crippen molar-refractivity contribution in [3.05, 3.63) is 35.3 Å². The maximum atomic E-state index is 6.24. The summed E-state index contributed by atoms with van der Waals surface area (Å²) in [6, 6.07) is 5.93. The van der Waals surface area contributed by atoms with Crippen LogP contribution in [0.25, 0.3) is 0 Å². The number of hydrogen-bond donors (Lipinski definition) is 1. The van der Waals surface area contributed by atoms with Crippen LogP contribution in [0.5, 0.6) is 11.5 Å². The van der Waals surface area contributed by atoms with Crippen LogP contribution in [0, 0.1) is 0 Å². The highest BCUT2D eigenvalue weighted by Crippen LogP contribution is 2.33. The number of aromatic nitrogens is 1. The number of benzene rings is 1. The molecular weight excluding hydrogens is 350 g/mol. The highest BCUT2D eigenvalue weighted by molar-refractivity contribution is 7.13. The van der Waals surface area contributed by atoms with Gasteiger partial charge in [-0.2, -0.15) is 0 Å². The quantitative estimate of drug-likeness (QED) is 0.655. The van der Waals surface area contributed by atoms with Crippen LogP contribution in [0.15, 0.2) is 34.8 Å². The first kappa shape index (κ1) is 17.0. The van der Waals surface area contributed by atoms with Crippen LogP contribution in [-0.2, 0) is 6.54 Å². The van der Waals surface area contributed by atoms with Crippen LogP contribution in [0.4, 0.5) is 5.13 Å². The molecule has 138 valence electrons. The topological polar surface area (TPSA) is 76.2 Å². The summed E-state index contributed by atoms with van der Waals surface area (Å²) in [5.41, 5.74) is 7.25. The zero-order valence-electron chi connectivity index (χ0n) is 14.6. The Morgan fingerprint density at radius 1 is 1.19 bits per heavy atom. The molecule has 7 nitrogen and oxygen atoms in total. The lowest BCUT2D eigenvalue weighted by atomic mass is 10.2. The average Bonchev–Trinajstić information content (AvgIpc) is 3.11. The predicted octanol–water partition coefficient (Wildman–Crippen LogP) is 1.94. The van der Waals surface area contributed by atoms with Gasteiger partial charge in [0.05, 0.1) is 19.8 Å². The number of fused-ring (bicyclic) bond motifs is 1. The lowest BCUT2D eigenvalue weighted by Gasteiger charge is -2.35. The van der Waals surface area contributed by atoms with E-state index < -0.39 is 0 Å². The molecule has 1 saturated heterocycles. The molecule has 0 bridgehead atoms. The van der Waals surface area contributed by atoms with Crippen molar-refractivity contribution in [2.24, 2.45) is 10.7 Å². The summed E-state index contributed by atoms with van der Waals surface area (Å²) < 4.78 is 11.6. The first-order valence-electron chi connectivity index (χ1n) is 8.88. The Labute approximate surface area is 157 Å². The molecule has 0 amide bonds. The summed E-state index contributed by atoms with van der Waals surface area (Å²) in [4.78, 5) is 13.4. The number of nitrogens with zero attached hydrogens (tertiary/aromatic N) is 4. The Morgan fingerprint density at radius 3 is 2.85 bits per heavy atom. The van der Waals surface area contributed by atoms with Gasteiger partial charge in [0.1, 0.15) is 0 Å². The summed E-state index contributed by atoms with van der Waals surface area (Å²) in [5, 5.41) is 3.08. The van der Waals surface area contributed by atoms with Crippen LogP contribution in [0.1, 0.15) is 12.0 Å². The van der Waals surface area contributed by atoms with Crippen molar-refractivity contribution in [2.75, 3.05) is 44.3 Å². The Balaban J connectivity index is 1.39. The van der Waals surface area contributed by atoms with Crippen molar-refractivity contribution in [2.45, 2.75) is 13.0 Å². The summed E-state index contributed by atoms with van der Waals surface area (Å²) >= 11 is 1.67. The predicted molar refractivity (Wildman–Crippen MR) is 103 cm³/mol. The average molecular weight is 373 g/mol. The van der Waals surface area contributed by atoms with Crippen LogP contribution in [0.3, 0.4) is 0 Å². The number of thiazole rings is 1. The second-order valence-electron chi connectivity index (χ2n) is 6.26. The molecule has 4 rings (SSSR count). The van der Waals surface area contributed by atoms with Gasteiger partial charge in [-0.15, -0.1) is 11.3 Å². The second-order valence-corrected chi connectivity index (χ2v) is 7.13. The van der Waals surface area contributed by atoms with Gasteiger partial charge in [-0.25, -0.2) is 9.98 Å². The standard InChI is InChI=1S/C18H23N5O2S/c19-17(22-6-8-23(9-7-22)18-20-5-12-26-18)21-13-14-3-1-4-15-16(14)25-11-2-10-24-15/h1,3-5,12H,2,6-11,13H2,(H2,19,21). The Kier molecular flexibility index (Phi) is 5.10. The zero-order valence-corrected chi connectivity index (χ0v) is 15.5. The van der Waals surface area contributed by atoms with Crippen molar-refractivity contribution >= 4 is 22.4 Å². The molecule has 2 aliphatic heterocycles. The van der Waals surface area contributed by atoms with E-state index >= 15 is 0 Å². The summed E-state index contributed by atoms with van der Waals surface area (Å²) in [5.74, 6) is 2.18. The number of hydrogen-bond acceptors (Lipinski definition) is 6. The van der Waals surface area contributed by atoms with Crippen molar-refractivity contribution in [3.8, 4) is 11.5 Å². The van der Waals surface area contributed by atoms with Crippen molar-refractivity contribution in [1.82, 2.24) is 9.88 Å². The molecule has 8 heteroatoms. The van der Waals surface area contributed by atoms with Gasteiger partial charge >= 0.3 is 0 Å². The van der Waals surface area contributed by atoms with Gasteiger partial charge in [-0.05, 0) is 6.07 Å². The summed E-state index contributed by atoms with van der Waals surface area (Å²) in [7, 11) is 0. The first-order chi connectivity index (χ1) is 12.8. The molecule has 0 radical (unpaired) electrons. The molecule has 2 aromatic rings.